The van der Waals surface area contributed by atoms with Gasteiger partial charge in [-0.1, -0.05) is 36.4 Å². The molecule has 9 heteroatoms. The number of nitrogens with zero attached hydrogens (tertiary/aromatic N) is 1. The van der Waals surface area contributed by atoms with Crippen LogP contribution < -0.4 is 15.4 Å². The smallest absolute Gasteiger partial charge is 0.266 e. The topological polar surface area (TPSA) is 116 Å². The summed E-state index contributed by atoms with van der Waals surface area (Å²) in [4.78, 5) is 0. The number of rotatable bonds is 6. The molecule has 5 rings (SSSR count). The lowest BCUT2D eigenvalue weighted by Gasteiger charge is -2.27. The van der Waals surface area contributed by atoms with Crippen molar-refractivity contribution in [1.29, 1.82) is 5.41 Å². The second kappa shape index (κ2) is 9.25. The summed E-state index contributed by atoms with van der Waals surface area (Å²) in [6, 6.07) is 18.8. The average Bonchev–Trinajstić information content (AvgIpc) is 3.14. The molecule has 0 spiro atoms. The van der Waals surface area contributed by atoms with Crippen molar-refractivity contribution in [3.05, 3.63) is 87.6 Å². The van der Waals surface area contributed by atoms with Gasteiger partial charge in [-0.2, -0.15) is 0 Å². The Labute approximate surface area is 208 Å². The van der Waals surface area contributed by atoms with Crippen LogP contribution in [0.5, 0.6) is 0 Å². The molecule has 5 N–H and O–H groups in total. The van der Waals surface area contributed by atoms with E-state index in [9.17, 15) is 8.76 Å². The zero-order valence-electron chi connectivity index (χ0n) is 18.2. The maximum absolute atomic E-state index is 12.5. The molecule has 2 heterocycles. The first-order valence-electron chi connectivity index (χ1n) is 10.8. The van der Waals surface area contributed by atoms with Crippen LogP contribution in [0.4, 0.5) is 17.1 Å². The third-order valence-corrected chi connectivity index (χ3v) is 7.56. The molecule has 0 aliphatic carbocycles. The molecule has 1 atom stereocenters. The van der Waals surface area contributed by atoms with Gasteiger partial charge < -0.3 is 15.5 Å². The van der Waals surface area contributed by atoms with Crippen molar-refractivity contribution in [3.63, 3.8) is 0 Å². The molecule has 1 aromatic heterocycles. The van der Waals surface area contributed by atoms with Crippen molar-refractivity contribution in [2.24, 2.45) is 5.73 Å². The predicted octanol–water partition coefficient (Wildman–Crippen LogP) is 5.70. The Balaban J connectivity index is 1.51. The minimum absolute atomic E-state index is 0.0321. The standard InChI is InChI=1S/C25H23BrN4O3S/c26-23-19-11-10-18(30(34(31)32)20-5-1-3-16-4-2-12-29-24(16)20)14-21(19)33-22(23)13-15-6-8-17(9-7-15)25(27)28/h1,3,5-11,14,29H,2,4,12-13H2,(H3,27,28)(H,31,32). The molecular weight excluding hydrogens is 516 g/mol. The number of nitrogens with two attached hydrogens (primary N) is 1. The summed E-state index contributed by atoms with van der Waals surface area (Å²) >= 11 is 1.38. The van der Waals surface area contributed by atoms with Crippen LogP contribution in [0.1, 0.15) is 28.9 Å². The number of hydrogen-bond donors (Lipinski definition) is 4. The van der Waals surface area contributed by atoms with Crippen LogP contribution >= 0.6 is 15.9 Å². The summed E-state index contributed by atoms with van der Waals surface area (Å²) in [6.07, 6.45) is 2.52. The number of anilines is 3. The van der Waals surface area contributed by atoms with Crippen LogP contribution in [0, 0.1) is 5.41 Å². The second-order valence-electron chi connectivity index (χ2n) is 8.17. The molecule has 1 unspecified atom stereocenters. The second-order valence-corrected chi connectivity index (χ2v) is 9.79. The van der Waals surface area contributed by atoms with Crippen molar-refractivity contribution in [2.45, 2.75) is 19.3 Å². The van der Waals surface area contributed by atoms with Gasteiger partial charge in [-0.25, -0.2) is 8.51 Å². The number of nitrogen functional groups attached to an aromatic ring is 1. The Morgan fingerprint density at radius 1 is 1.21 bits per heavy atom. The molecule has 0 radical (unpaired) electrons. The van der Waals surface area contributed by atoms with E-state index >= 15 is 0 Å². The lowest BCUT2D eigenvalue weighted by Crippen LogP contribution is -2.23. The number of furan rings is 1. The molecule has 7 nitrogen and oxygen atoms in total. The molecule has 0 amide bonds. The molecule has 0 fully saturated rings. The summed E-state index contributed by atoms with van der Waals surface area (Å²) < 4.78 is 31.1. The first-order valence-corrected chi connectivity index (χ1v) is 12.7. The van der Waals surface area contributed by atoms with E-state index in [1.54, 1.807) is 6.07 Å². The molecule has 4 aromatic rings. The van der Waals surface area contributed by atoms with Gasteiger partial charge in [0, 0.05) is 30.0 Å². The SMILES string of the molecule is N=C(N)c1ccc(Cc2oc3cc(N(c4cccc5c4NCCC5)S(=O)O)ccc3c2Br)cc1. The number of aryl methyl sites for hydroxylation is 1. The molecule has 0 bridgehead atoms. The van der Waals surface area contributed by atoms with Crippen LogP contribution in [0.15, 0.2) is 69.6 Å². The largest absolute Gasteiger partial charge is 0.459 e. The number of amidine groups is 1. The zero-order chi connectivity index (χ0) is 23.8. The molecule has 174 valence electrons. The van der Waals surface area contributed by atoms with Gasteiger partial charge in [0.2, 0.25) is 0 Å². The summed E-state index contributed by atoms with van der Waals surface area (Å²) in [6.45, 7) is 0.830. The van der Waals surface area contributed by atoms with Gasteiger partial charge in [0.25, 0.3) is 11.3 Å². The molecule has 1 aliphatic heterocycles. The minimum Gasteiger partial charge on any atom is -0.459 e. The van der Waals surface area contributed by atoms with E-state index in [0.29, 0.717) is 28.9 Å². The summed E-state index contributed by atoms with van der Waals surface area (Å²) in [7, 11) is 0. The third kappa shape index (κ3) is 4.22. The fourth-order valence-corrected chi connectivity index (χ4v) is 5.47. The summed E-state index contributed by atoms with van der Waals surface area (Å²) in [5, 5.41) is 11.8. The van der Waals surface area contributed by atoms with Crippen LogP contribution in [0.2, 0.25) is 0 Å². The fraction of sp³-hybridized carbons (Fsp3) is 0.160. The first kappa shape index (κ1) is 22.6. The quantitative estimate of drug-likeness (QED) is 0.143. The van der Waals surface area contributed by atoms with Gasteiger partial charge >= 0.3 is 0 Å². The van der Waals surface area contributed by atoms with E-state index < -0.39 is 11.3 Å². The number of nitrogens with one attached hydrogen (secondary N) is 2. The highest BCUT2D eigenvalue weighted by molar-refractivity contribution is 9.10. The molecule has 34 heavy (non-hydrogen) atoms. The van der Waals surface area contributed by atoms with Crippen molar-refractivity contribution < 1.29 is 13.2 Å². The van der Waals surface area contributed by atoms with E-state index in [2.05, 4.69) is 21.2 Å². The maximum Gasteiger partial charge on any atom is 0.266 e. The minimum atomic E-state index is -2.27. The Hall–Kier alpha value is -3.14. The Morgan fingerprint density at radius 2 is 2.00 bits per heavy atom. The van der Waals surface area contributed by atoms with Gasteiger partial charge in [-0.05, 0) is 58.1 Å². The van der Waals surface area contributed by atoms with Gasteiger partial charge in [0.1, 0.15) is 17.2 Å². The van der Waals surface area contributed by atoms with E-state index in [4.69, 9.17) is 15.6 Å². The molecule has 3 aromatic carbocycles. The zero-order valence-corrected chi connectivity index (χ0v) is 20.6. The van der Waals surface area contributed by atoms with Crippen LogP contribution in [-0.4, -0.2) is 21.1 Å². The molecule has 1 aliphatic rings. The van der Waals surface area contributed by atoms with Crippen LogP contribution in [-0.2, 0) is 24.1 Å². The molecule has 0 saturated heterocycles. The number of halogens is 1. The van der Waals surface area contributed by atoms with Gasteiger partial charge in [-0.15, -0.1) is 0 Å². The normalized spacial score (nSPS) is 13.8. The Kier molecular flexibility index (Phi) is 6.16. The van der Waals surface area contributed by atoms with Gasteiger partial charge in [0.05, 0.1) is 21.5 Å². The van der Waals surface area contributed by atoms with Crippen molar-refractivity contribution >= 4 is 61.1 Å². The average molecular weight is 539 g/mol. The van der Waals surface area contributed by atoms with E-state index in [1.165, 1.54) is 4.31 Å². The van der Waals surface area contributed by atoms with E-state index in [1.807, 2.05) is 54.6 Å². The number of benzene rings is 3. The predicted molar refractivity (Wildman–Crippen MR) is 140 cm³/mol. The molecule has 0 saturated carbocycles. The van der Waals surface area contributed by atoms with Gasteiger partial charge in [0.15, 0.2) is 0 Å². The highest BCUT2D eigenvalue weighted by atomic mass is 79.9. The van der Waals surface area contributed by atoms with Crippen LogP contribution in [0.25, 0.3) is 11.0 Å². The van der Waals surface area contributed by atoms with Crippen molar-refractivity contribution in [1.82, 2.24) is 0 Å². The summed E-state index contributed by atoms with van der Waals surface area (Å²) in [5.41, 5.74) is 11.1. The Bertz CT molecular complexity index is 1420. The van der Waals surface area contributed by atoms with E-state index in [-0.39, 0.29) is 5.84 Å². The Morgan fingerprint density at radius 3 is 2.74 bits per heavy atom. The fourth-order valence-electron chi connectivity index (χ4n) is 4.31. The van der Waals surface area contributed by atoms with Crippen molar-refractivity contribution in [2.75, 3.05) is 16.2 Å². The number of para-hydroxylation sites is 1. The van der Waals surface area contributed by atoms with Crippen LogP contribution in [0.3, 0.4) is 0 Å². The highest BCUT2D eigenvalue weighted by Crippen LogP contribution is 2.40. The van der Waals surface area contributed by atoms with Crippen molar-refractivity contribution in [3.8, 4) is 0 Å². The lowest BCUT2D eigenvalue weighted by atomic mass is 10.0. The van der Waals surface area contributed by atoms with Gasteiger partial charge in [-0.3, -0.25) is 9.96 Å². The van der Waals surface area contributed by atoms with E-state index in [0.717, 1.165) is 51.8 Å². The highest BCUT2D eigenvalue weighted by Gasteiger charge is 2.23. The third-order valence-electron chi connectivity index (χ3n) is 5.97. The number of hydrogen-bond acceptors (Lipinski definition) is 4. The molecular formula is C25H23BrN4O3S. The summed E-state index contributed by atoms with van der Waals surface area (Å²) in [5.74, 6) is 0.780. The lowest BCUT2D eigenvalue weighted by molar-refractivity contribution is 0.560. The first-order chi connectivity index (χ1) is 16.4. The monoisotopic (exact) mass is 538 g/mol. The number of fused-ring (bicyclic) bond motifs is 2. The maximum atomic E-state index is 12.5.